The maximum atomic E-state index is 12.0. The molecule has 2 N–H and O–H groups in total. The van der Waals surface area contributed by atoms with Gasteiger partial charge in [0.05, 0.1) is 0 Å². The summed E-state index contributed by atoms with van der Waals surface area (Å²) in [6.45, 7) is 0. The molecule has 0 radical (unpaired) electrons. The largest absolute Gasteiger partial charge is 0.433 e. The van der Waals surface area contributed by atoms with Gasteiger partial charge in [-0.2, -0.15) is 13.2 Å². The van der Waals surface area contributed by atoms with Gasteiger partial charge in [-0.1, -0.05) is 0 Å². The molecule has 0 unspecified atom stereocenters. The molecule has 0 aliphatic heterocycles. The molecule has 1 heterocycles. The first kappa shape index (κ1) is 9.94. The van der Waals surface area contributed by atoms with Crippen molar-refractivity contribution in [2.75, 3.05) is 0 Å². The van der Waals surface area contributed by atoms with Crippen molar-refractivity contribution in [3.63, 3.8) is 0 Å². The topological polar surface area (TPSA) is 53.4 Å². The molecule has 0 aromatic carbocycles. The van der Waals surface area contributed by atoms with Crippen LogP contribution in [0.4, 0.5) is 13.2 Å². The molecule has 1 aromatic heterocycles. The van der Waals surface area contributed by atoms with Crippen LogP contribution in [0.3, 0.4) is 0 Å². The highest BCUT2D eigenvalue weighted by atomic mass is 19.4. The Morgan fingerprint density at radius 1 is 1.31 bits per heavy atom. The van der Waals surface area contributed by atoms with Gasteiger partial charge in [0.2, 0.25) is 0 Å². The number of aliphatic hydroxyl groups excluding tert-OH is 1. The number of hydrogen-bond acceptors (Lipinski definition) is 3. The Morgan fingerprint density at radius 2 is 1.92 bits per heavy atom. The lowest BCUT2D eigenvalue weighted by Crippen LogP contribution is -2.09. The first-order valence-electron chi connectivity index (χ1n) is 3.30. The fourth-order valence-electron chi connectivity index (χ4n) is 0.763. The molecule has 0 aliphatic rings. The van der Waals surface area contributed by atoms with E-state index in [4.69, 9.17) is 10.2 Å². The van der Waals surface area contributed by atoms with E-state index in [0.29, 0.717) is 6.07 Å². The van der Waals surface area contributed by atoms with Crippen molar-refractivity contribution in [2.24, 2.45) is 0 Å². The third-order valence-electron chi connectivity index (χ3n) is 1.37. The van der Waals surface area contributed by atoms with E-state index in [2.05, 4.69) is 4.98 Å². The third-order valence-corrected chi connectivity index (χ3v) is 1.37. The first-order chi connectivity index (χ1) is 5.91. The highest BCUT2D eigenvalue weighted by Crippen LogP contribution is 2.28. The lowest BCUT2D eigenvalue weighted by atomic mass is 10.2. The summed E-state index contributed by atoms with van der Waals surface area (Å²) in [5, 5.41) is 17.1. The molecular formula is C7H6F3NO2. The quantitative estimate of drug-likeness (QED) is 0.656. The molecule has 0 saturated heterocycles. The number of pyridine rings is 1. The van der Waals surface area contributed by atoms with Crippen molar-refractivity contribution in [3.05, 3.63) is 29.6 Å². The lowest BCUT2D eigenvalue weighted by molar-refractivity contribution is -0.141. The minimum Gasteiger partial charge on any atom is -0.364 e. The Morgan fingerprint density at radius 3 is 2.38 bits per heavy atom. The van der Waals surface area contributed by atoms with Gasteiger partial charge in [-0.3, -0.25) is 4.98 Å². The molecule has 1 rings (SSSR count). The van der Waals surface area contributed by atoms with Crippen LogP contribution in [0, 0.1) is 0 Å². The molecular weight excluding hydrogens is 187 g/mol. The summed E-state index contributed by atoms with van der Waals surface area (Å²) in [5.74, 6) is 0. The van der Waals surface area contributed by atoms with Crippen molar-refractivity contribution in [1.82, 2.24) is 4.98 Å². The smallest absolute Gasteiger partial charge is 0.364 e. The zero-order chi connectivity index (χ0) is 10.1. The predicted octanol–water partition coefficient (Wildman–Crippen LogP) is 1.08. The van der Waals surface area contributed by atoms with Gasteiger partial charge in [0.15, 0.2) is 6.29 Å². The van der Waals surface area contributed by atoms with Crippen LogP contribution in [-0.2, 0) is 6.18 Å². The summed E-state index contributed by atoms with van der Waals surface area (Å²) < 4.78 is 36.0. The van der Waals surface area contributed by atoms with Gasteiger partial charge < -0.3 is 10.2 Å². The molecule has 6 heteroatoms. The second-order valence-corrected chi connectivity index (χ2v) is 2.35. The molecule has 0 saturated carbocycles. The van der Waals surface area contributed by atoms with E-state index in [1.807, 2.05) is 0 Å². The van der Waals surface area contributed by atoms with E-state index in [1.54, 1.807) is 0 Å². The van der Waals surface area contributed by atoms with Crippen molar-refractivity contribution in [2.45, 2.75) is 12.5 Å². The number of nitrogens with zero attached hydrogens (tertiary/aromatic N) is 1. The number of alkyl halides is 3. The van der Waals surface area contributed by atoms with Crippen LogP contribution in [0.5, 0.6) is 0 Å². The predicted molar refractivity (Wildman–Crippen MR) is 36.4 cm³/mol. The van der Waals surface area contributed by atoms with Gasteiger partial charge in [0.1, 0.15) is 5.69 Å². The van der Waals surface area contributed by atoms with Crippen LogP contribution in [-0.4, -0.2) is 15.2 Å². The van der Waals surface area contributed by atoms with E-state index in [9.17, 15) is 13.2 Å². The van der Waals surface area contributed by atoms with Gasteiger partial charge in [-0.05, 0) is 12.1 Å². The van der Waals surface area contributed by atoms with Gasteiger partial charge in [0.25, 0.3) is 0 Å². The van der Waals surface area contributed by atoms with E-state index >= 15 is 0 Å². The summed E-state index contributed by atoms with van der Waals surface area (Å²) in [6.07, 6.45) is -5.60. The molecule has 0 fully saturated rings. The fraction of sp³-hybridized carbons (Fsp3) is 0.286. The SMILES string of the molecule is OC(O)c1ccnc(C(F)(F)F)c1. The van der Waals surface area contributed by atoms with Crippen molar-refractivity contribution < 1.29 is 23.4 Å². The lowest BCUT2D eigenvalue weighted by Gasteiger charge is -2.08. The number of aliphatic hydroxyl groups is 2. The van der Waals surface area contributed by atoms with Crippen LogP contribution in [0.25, 0.3) is 0 Å². The third kappa shape index (κ3) is 2.40. The number of hydrogen-bond donors (Lipinski definition) is 2. The highest BCUT2D eigenvalue weighted by molar-refractivity contribution is 5.18. The molecule has 0 spiro atoms. The minimum atomic E-state index is -4.56. The average molecular weight is 193 g/mol. The standard InChI is InChI=1S/C7H6F3NO2/c8-7(9,10)5-3-4(6(12)13)1-2-11-5/h1-3,6,12-13H. The zero-order valence-corrected chi connectivity index (χ0v) is 6.28. The minimum absolute atomic E-state index is 0.234. The molecule has 0 atom stereocenters. The second kappa shape index (κ2) is 3.31. The molecule has 0 bridgehead atoms. The van der Waals surface area contributed by atoms with Gasteiger partial charge >= 0.3 is 6.18 Å². The second-order valence-electron chi connectivity index (χ2n) is 2.35. The van der Waals surface area contributed by atoms with E-state index in [0.717, 1.165) is 12.3 Å². The summed E-state index contributed by atoms with van der Waals surface area (Å²) in [6, 6.07) is 1.69. The number of rotatable bonds is 1. The van der Waals surface area contributed by atoms with Crippen LogP contribution in [0.2, 0.25) is 0 Å². The van der Waals surface area contributed by atoms with Gasteiger partial charge in [-0.15, -0.1) is 0 Å². The Kier molecular flexibility index (Phi) is 2.53. The number of aromatic nitrogens is 1. The van der Waals surface area contributed by atoms with E-state index in [-0.39, 0.29) is 5.56 Å². The normalized spacial score (nSPS) is 12.2. The molecule has 72 valence electrons. The summed E-state index contributed by atoms with van der Waals surface area (Å²) in [4.78, 5) is 3.05. The van der Waals surface area contributed by atoms with Crippen molar-refractivity contribution >= 4 is 0 Å². The highest BCUT2D eigenvalue weighted by Gasteiger charge is 2.32. The molecule has 0 amide bonds. The van der Waals surface area contributed by atoms with Crippen LogP contribution in [0.1, 0.15) is 17.5 Å². The van der Waals surface area contributed by atoms with Crippen molar-refractivity contribution in [3.8, 4) is 0 Å². The maximum absolute atomic E-state index is 12.0. The Balaban J connectivity index is 3.06. The Bertz CT molecular complexity index is 298. The molecule has 13 heavy (non-hydrogen) atoms. The monoisotopic (exact) mass is 193 g/mol. The van der Waals surface area contributed by atoms with E-state index < -0.39 is 18.2 Å². The van der Waals surface area contributed by atoms with Crippen molar-refractivity contribution in [1.29, 1.82) is 0 Å². The zero-order valence-electron chi connectivity index (χ0n) is 6.28. The Labute approximate surface area is 71.5 Å². The van der Waals surface area contributed by atoms with Crippen LogP contribution >= 0.6 is 0 Å². The van der Waals surface area contributed by atoms with Gasteiger partial charge in [0, 0.05) is 11.8 Å². The van der Waals surface area contributed by atoms with Gasteiger partial charge in [-0.25, -0.2) is 0 Å². The number of halogens is 3. The summed E-state index contributed by atoms with van der Waals surface area (Å²) >= 11 is 0. The van der Waals surface area contributed by atoms with Crippen LogP contribution < -0.4 is 0 Å². The van der Waals surface area contributed by atoms with E-state index in [1.165, 1.54) is 0 Å². The van der Waals surface area contributed by atoms with Crippen LogP contribution in [0.15, 0.2) is 18.3 Å². The Hall–Kier alpha value is -1.14. The average Bonchev–Trinajstić information content (AvgIpc) is 2.03. The summed E-state index contributed by atoms with van der Waals surface area (Å²) in [7, 11) is 0. The maximum Gasteiger partial charge on any atom is 0.433 e. The molecule has 1 aromatic rings. The first-order valence-corrected chi connectivity index (χ1v) is 3.30. The molecule has 3 nitrogen and oxygen atoms in total. The summed E-state index contributed by atoms with van der Waals surface area (Å²) in [5.41, 5.74) is -1.37. The fourth-order valence-corrected chi connectivity index (χ4v) is 0.763. The molecule has 0 aliphatic carbocycles.